The molecule has 4 aromatic rings. The number of rotatable bonds is 10. The van der Waals surface area contributed by atoms with E-state index in [9.17, 15) is 15.2 Å². The molecule has 1 atom stereocenters. The normalized spacial score (nSPS) is 16.0. The van der Waals surface area contributed by atoms with Crippen LogP contribution in [0.3, 0.4) is 0 Å². The second-order valence-corrected chi connectivity index (χ2v) is 12.3. The number of aliphatic carboxylic acids is 1. The summed E-state index contributed by atoms with van der Waals surface area (Å²) in [5.41, 5.74) is 6.29. The zero-order valence-corrected chi connectivity index (χ0v) is 27.1. The lowest BCUT2D eigenvalue weighted by atomic mass is 9.96. The predicted octanol–water partition coefficient (Wildman–Crippen LogP) is 7.06. The van der Waals surface area contributed by atoms with E-state index in [4.69, 9.17) is 18.9 Å². The molecule has 3 heterocycles. The van der Waals surface area contributed by atoms with Gasteiger partial charge in [0.25, 0.3) is 0 Å². The summed E-state index contributed by atoms with van der Waals surface area (Å²) in [5, 5.41) is 19.1. The molecule has 1 N–H and O–H groups in total. The van der Waals surface area contributed by atoms with E-state index in [1.807, 2.05) is 47.4 Å². The van der Waals surface area contributed by atoms with Gasteiger partial charge in [-0.25, -0.2) is 0 Å². The largest absolute Gasteiger partial charge is 0.488 e. The van der Waals surface area contributed by atoms with Crippen LogP contribution in [0.25, 0.3) is 11.1 Å². The summed E-state index contributed by atoms with van der Waals surface area (Å²) >= 11 is 3.70. The van der Waals surface area contributed by atoms with E-state index in [0.29, 0.717) is 56.4 Å². The fraction of sp³-hybridized carbons (Fsp3) is 0.306. The molecule has 6 rings (SSSR count). The molecule has 0 bridgehead atoms. The molecule has 2 aliphatic rings. The van der Waals surface area contributed by atoms with Gasteiger partial charge in [-0.15, -0.1) is 0 Å². The second kappa shape index (κ2) is 14.2. The first kappa shape index (κ1) is 31.4. The topological polar surface area (TPSA) is 114 Å². The Labute approximate surface area is 276 Å². The molecule has 2 aliphatic heterocycles. The maximum atomic E-state index is 12.0. The van der Waals surface area contributed by atoms with E-state index in [1.54, 1.807) is 12.3 Å². The molecule has 0 aliphatic carbocycles. The Morgan fingerprint density at radius 3 is 2.67 bits per heavy atom. The number of fused-ring (bicyclic) bond motifs is 1. The van der Waals surface area contributed by atoms with Gasteiger partial charge >= 0.3 is 5.97 Å². The maximum Gasteiger partial charge on any atom is 0.320 e. The number of nitrogens with zero attached hydrogens (tertiary/aromatic N) is 3. The average Bonchev–Trinajstić information content (AvgIpc) is 3.08. The van der Waals surface area contributed by atoms with Crippen LogP contribution in [0.2, 0.25) is 0 Å². The molecule has 236 valence electrons. The highest BCUT2D eigenvalue weighted by molar-refractivity contribution is 9.10. The molecule has 1 fully saturated rings. The van der Waals surface area contributed by atoms with Crippen molar-refractivity contribution >= 4 is 21.9 Å². The number of carboxylic acids is 1. The number of carbonyl (C=O) groups is 1. The summed E-state index contributed by atoms with van der Waals surface area (Å²) in [6, 6.07) is 19.3. The molecule has 0 saturated carbocycles. The van der Waals surface area contributed by atoms with Crippen molar-refractivity contribution < 1.29 is 28.8 Å². The first-order chi connectivity index (χ1) is 22.4. The first-order valence-electron chi connectivity index (χ1n) is 15.3. The number of ether oxygens (including phenoxy) is 4. The molecule has 1 saturated heterocycles. The number of likely N-dealkylation sites (tertiary alicyclic amines) is 1. The standard InChI is InChI=1S/C36H34BrN3O6/c1-23-27(5-4-6-29(23)26-8-9-32-35(15-26)44-12-11-43-32)22-46-34-16-33(45-21-25-13-24(17-38)18-39-19-25)28(14-30(34)37)20-40-10-3-2-7-31(40)36(41)42/h4-6,8-9,13-16,18-19,31H,2-3,7,10-12,20-22H2,1H3,(H,41,42)/t31-/m1/s1. The van der Waals surface area contributed by atoms with Gasteiger partial charge in [0.15, 0.2) is 11.5 Å². The molecule has 0 unspecified atom stereocenters. The van der Waals surface area contributed by atoms with Crippen molar-refractivity contribution in [2.45, 2.75) is 52.0 Å². The maximum absolute atomic E-state index is 12.0. The highest BCUT2D eigenvalue weighted by Gasteiger charge is 2.29. The number of aromatic nitrogens is 1. The first-order valence-corrected chi connectivity index (χ1v) is 16.1. The number of hydrogen-bond donors (Lipinski definition) is 1. The molecule has 0 amide bonds. The van der Waals surface area contributed by atoms with E-state index in [0.717, 1.165) is 62.2 Å². The van der Waals surface area contributed by atoms with Crippen molar-refractivity contribution in [2.24, 2.45) is 0 Å². The summed E-state index contributed by atoms with van der Waals surface area (Å²) in [5.74, 6) is 1.87. The number of halogens is 1. The van der Waals surface area contributed by atoms with E-state index in [1.165, 1.54) is 6.20 Å². The summed E-state index contributed by atoms with van der Waals surface area (Å²) in [6.45, 7) is 4.78. The van der Waals surface area contributed by atoms with E-state index >= 15 is 0 Å². The molecule has 1 aromatic heterocycles. The highest BCUT2D eigenvalue weighted by Crippen LogP contribution is 2.38. The second-order valence-electron chi connectivity index (χ2n) is 11.4. The number of piperidine rings is 1. The Morgan fingerprint density at radius 2 is 1.85 bits per heavy atom. The zero-order valence-electron chi connectivity index (χ0n) is 25.5. The smallest absolute Gasteiger partial charge is 0.320 e. The highest BCUT2D eigenvalue weighted by atomic mass is 79.9. The fourth-order valence-electron chi connectivity index (χ4n) is 5.93. The summed E-state index contributed by atoms with van der Waals surface area (Å²) < 4.78 is 24.9. The van der Waals surface area contributed by atoms with E-state index in [-0.39, 0.29) is 6.61 Å². The van der Waals surface area contributed by atoms with Crippen molar-refractivity contribution in [2.75, 3.05) is 19.8 Å². The third kappa shape index (κ3) is 7.11. The van der Waals surface area contributed by atoms with E-state index in [2.05, 4.69) is 40.0 Å². The number of hydrogen-bond acceptors (Lipinski definition) is 8. The van der Waals surface area contributed by atoms with Crippen LogP contribution in [0, 0.1) is 18.3 Å². The Kier molecular flexibility index (Phi) is 9.71. The van der Waals surface area contributed by atoms with Crippen LogP contribution in [0.4, 0.5) is 0 Å². The van der Waals surface area contributed by atoms with E-state index < -0.39 is 12.0 Å². The third-order valence-electron chi connectivity index (χ3n) is 8.39. The molecule has 0 spiro atoms. The number of carboxylic acid groups (broad SMARTS) is 1. The minimum absolute atomic E-state index is 0.190. The van der Waals surface area contributed by atoms with Gasteiger partial charge in [-0.1, -0.05) is 30.7 Å². The van der Waals surface area contributed by atoms with Crippen LogP contribution in [0.1, 0.15) is 47.1 Å². The number of nitriles is 1. The van der Waals surface area contributed by atoms with Gasteiger partial charge in [-0.05, 0) is 88.8 Å². The van der Waals surface area contributed by atoms with Crippen molar-refractivity contribution in [3.63, 3.8) is 0 Å². The van der Waals surface area contributed by atoms with Gasteiger partial charge in [-0.3, -0.25) is 14.7 Å². The molecule has 46 heavy (non-hydrogen) atoms. The Balaban J connectivity index is 1.25. The fourth-order valence-corrected chi connectivity index (χ4v) is 6.44. The summed E-state index contributed by atoms with van der Waals surface area (Å²) in [6.07, 6.45) is 5.63. The van der Waals surface area contributed by atoms with Gasteiger partial charge in [0.2, 0.25) is 0 Å². The lowest BCUT2D eigenvalue weighted by Crippen LogP contribution is -2.44. The molecule has 3 aromatic carbocycles. The average molecular weight is 685 g/mol. The molecule has 0 radical (unpaired) electrons. The van der Waals surface area contributed by atoms with Gasteiger partial charge in [0.05, 0.1) is 10.0 Å². The SMILES string of the molecule is Cc1c(COc2cc(OCc3cncc(C#N)c3)c(CN3CCCC[C@@H]3C(=O)O)cc2Br)cccc1-c1ccc2c(c1)OCCO2. The van der Waals surface area contributed by atoms with Gasteiger partial charge in [-0.2, -0.15) is 5.26 Å². The van der Waals surface area contributed by atoms with Crippen molar-refractivity contribution in [3.05, 3.63) is 99.3 Å². The molecule has 9 nitrogen and oxygen atoms in total. The van der Waals surface area contributed by atoms with Gasteiger partial charge in [0.1, 0.15) is 50.0 Å². The van der Waals surface area contributed by atoms with Crippen LogP contribution < -0.4 is 18.9 Å². The lowest BCUT2D eigenvalue weighted by molar-refractivity contribution is -0.144. The van der Waals surface area contributed by atoms with Crippen LogP contribution in [0.15, 0.2) is 71.5 Å². The van der Waals surface area contributed by atoms with Crippen LogP contribution in [-0.2, 0) is 24.6 Å². The predicted molar refractivity (Wildman–Crippen MR) is 175 cm³/mol. The van der Waals surface area contributed by atoms with Crippen molar-refractivity contribution in [1.82, 2.24) is 9.88 Å². The third-order valence-corrected chi connectivity index (χ3v) is 9.01. The Bertz CT molecular complexity index is 1790. The molecular weight excluding hydrogens is 650 g/mol. The monoisotopic (exact) mass is 683 g/mol. The molecular formula is C36H34BrN3O6. The van der Waals surface area contributed by atoms with Crippen molar-refractivity contribution in [1.29, 1.82) is 5.26 Å². The number of pyridine rings is 1. The Hall–Kier alpha value is -4.59. The van der Waals surface area contributed by atoms with Crippen LogP contribution in [0.5, 0.6) is 23.0 Å². The van der Waals surface area contributed by atoms with Gasteiger partial charge < -0.3 is 24.1 Å². The van der Waals surface area contributed by atoms with Crippen LogP contribution in [-0.4, -0.2) is 46.8 Å². The van der Waals surface area contributed by atoms with Crippen LogP contribution >= 0.6 is 15.9 Å². The number of benzene rings is 3. The minimum atomic E-state index is -0.811. The summed E-state index contributed by atoms with van der Waals surface area (Å²) in [7, 11) is 0. The lowest BCUT2D eigenvalue weighted by Gasteiger charge is -2.33. The minimum Gasteiger partial charge on any atom is -0.488 e. The summed E-state index contributed by atoms with van der Waals surface area (Å²) in [4.78, 5) is 18.1. The quantitative estimate of drug-likeness (QED) is 0.188. The van der Waals surface area contributed by atoms with Crippen molar-refractivity contribution in [3.8, 4) is 40.2 Å². The Morgan fingerprint density at radius 1 is 1.02 bits per heavy atom. The molecule has 10 heteroatoms. The zero-order chi connectivity index (χ0) is 32.0. The van der Waals surface area contributed by atoms with Gasteiger partial charge in [0, 0.05) is 36.1 Å².